The molecular formula is C14H16N2O2. The van der Waals surface area contributed by atoms with Gasteiger partial charge in [0.15, 0.2) is 0 Å². The maximum atomic E-state index is 9.87. The molecular weight excluding hydrogens is 228 g/mol. The molecule has 0 saturated carbocycles. The molecule has 18 heavy (non-hydrogen) atoms. The molecule has 2 rings (SSSR count). The molecule has 0 aliphatic rings. The van der Waals surface area contributed by atoms with Crippen molar-refractivity contribution < 1.29 is 10.2 Å². The van der Waals surface area contributed by atoms with Gasteiger partial charge in [-0.15, -0.1) is 0 Å². The van der Waals surface area contributed by atoms with Crippen molar-refractivity contribution in [3.05, 3.63) is 41.6 Å². The number of aromatic nitrogens is 2. The van der Waals surface area contributed by atoms with E-state index in [4.69, 9.17) is 0 Å². The van der Waals surface area contributed by atoms with Gasteiger partial charge in [0, 0.05) is 22.9 Å². The van der Waals surface area contributed by atoms with Crippen molar-refractivity contribution in [3.8, 4) is 22.8 Å². The van der Waals surface area contributed by atoms with Crippen molar-refractivity contribution in [2.45, 2.75) is 20.3 Å². The largest absolute Gasteiger partial charge is 0.508 e. The number of aromatic hydroxyl groups is 2. The number of allylic oxidation sites excluding steroid dienone is 2. The number of aryl methyl sites for hydroxylation is 1. The number of hydrogen-bond acceptors (Lipinski definition) is 3. The molecule has 0 atom stereocenters. The molecule has 0 bridgehead atoms. The molecule has 3 N–H and O–H groups in total. The lowest BCUT2D eigenvalue weighted by molar-refractivity contribution is 0.451. The van der Waals surface area contributed by atoms with E-state index < -0.39 is 0 Å². The van der Waals surface area contributed by atoms with Gasteiger partial charge in [-0.3, -0.25) is 5.10 Å². The van der Waals surface area contributed by atoms with Crippen LogP contribution in [0, 0.1) is 6.92 Å². The summed E-state index contributed by atoms with van der Waals surface area (Å²) in [6.07, 6.45) is 4.78. The molecule has 0 spiro atoms. The molecule has 4 heteroatoms. The van der Waals surface area contributed by atoms with Crippen LogP contribution in [0.1, 0.15) is 18.2 Å². The average Bonchev–Trinajstić information content (AvgIpc) is 2.68. The SMILES string of the molecule is C/C=C\Cc1c(-c2ccc(O)cc2O)n[nH]c1C. The van der Waals surface area contributed by atoms with Crippen molar-refractivity contribution in [3.63, 3.8) is 0 Å². The van der Waals surface area contributed by atoms with Crippen molar-refractivity contribution in [1.29, 1.82) is 0 Å². The Labute approximate surface area is 106 Å². The number of nitrogens with zero attached hydrogens (tertiary/aromatic N) is 1. The van der Waals surface area contributed by atoms with Gasteiger partial charge in [0.25, 0.3) is 0 Å². The lowest BCUT2D eigenvalue weighted by atomic mass is 10.0. The van der Waals surface area contributed by atoms with Crippen molar-refractivity contribution >= 4 is 0 Å². The normalized spacial score (nSPS) is 11.2. The first-order valence-electron chi connectivity index (χ1n) is 5.80. The highest BCUT2D eigenvalue weighted by Crippen LogP contribution is 2.33. The third kappa shape index (κ3) is 2.22. The van der Waals surface area contributed by atoms with Crippen LogP contribution >= 0.6 is 0 Å². The molecule has 0 amide bonds. The third-order valence-electron chi connectivity index (χ3n) is 2.87. The summed E-state index contributed by atoms with van der Waals surface area (Å²) in [5.74, 6) is 0.0711. The van der Waals surface area contributed by atoms with Gasteiger partial charge in [-0.05, 0) is 32.4 Å². The molecule has 1 aromatic carbocycles. The van der Waals surface area contributed by atoms with Crippen LogP contribution in [0.4, 0.5) is 0 Å². The minimum absolute atomic E-state index is 0.0308. The Hall–Kier alpha value is -2.23. The zero-order valence-corrected chi connectivity index (χ0v) is 10.4. The fraction of sp³-hybridized carbons (Fsp3) is 0.214. The van der Waals surface area contributed by atoms with E-state index >= 15 is 0 Å². The molecule has 0 aliphatic heterocycles. The number of nitrogens with one attached hydrogen (secondary N) is 1. The Morgan fingerprint density at radius 1 is 1.33 bits per heavy atom. The third-order valence-corrected chi connectivity index (χ3v) is 2.87. The number of hydrogen-bond donors (Lipinski definition) is 3. The summed E-state index contributed by atoms with van der Waals surface area (Å²) >= 11 is 0. The first-order chi connectivity index (χ1) is 8.63. The van der Waals surface area contributed by atoms with Gasteiger partial charge in [0.05, 0.1) is 5.69 Å². The maximum absolute atomic E-state index is 9.87. The number of phenolic OH excluding ortho intramolecular Hbond substituents is 2. The topological polar surface area (TPSA) is 69.1 Å². The fourth-order valence-electron chi connectivity index (χ4n) is 1.88. The van der Waals surface area contributed by atoms with Crippen molar-refractivity contribution in [2.75, 3.05) is 0 Å². The van der Waals surface area contributed by atoms with E-state index in [1.165, 1.54) is 6.07 Å². The van der Waals surface area contributed by atoms with Gasteiger partial charge >= 0.3 is 0 Å². The second-order valence-corrected chi connectivity index (χ2v) is 4.15. The number of rotatable bonds is 3. The van der Waals surface area contributed by atoms with E-state index in [0.29, 0.717) is 5.56 Å². The smallest absolute Gasteiger partial charge is 0.128 e. The molecule has 2 aromatic rings. The molecule has 0 aliphatic carbocycles. The summed E-state index contributed by atoms with van der Waals surface area (Å²) in [7, 11) is 0. The highest BCUT2D eigenvalue weighted by Gasteiger charge is 2.14. The number of phenols is 2. The Balaban J connectivity index is 2.50. The summed E-state index contributed by atoms with van der Waals surface area (Å²) < 4.78 is 0. The van der Waals surface area contributed by atoms with Crippen molar-refractivity contribution in [1.82, 2.24) is 10.2 Å². The van der Waals surface area contributed by atoms with Gasteiger partial charge in [-0.2, -0.15) is 5.10 Å². The highest BCUT2D eigenvalue weighted by molar-refractivity contribution is 5.71. The summed E-state index contributed by atoms with van der Waals surface area (Å²) in [5, 5.41) is 26.3. The number of aromatic amines is 1. The predicted molar refractivity (Wildman–Crippen MR) is 70.6 cm³/mol. The van der Waals surface area contributed by atoms with Crippen LogP contribution in [0.25, 0.3) is 11.3 Å². The molecule has 0 saturated heterocycles. The molecule has 1 heterocycles. The van der Waals surface area contributed by atoms with E-state index in [-0.39, 0.29) is 11.5 Å². The van der Waals surface area contributed by atoms with Crippen LogP contribution in [0.3, 0.4) is 0 Å². The van der Waals surface area contributed by atoms with E-state index in [2.05, 4.69) is 10.2 Å². The van der Waals surface area contributed by atoms with Gasteiger partial charge in [-0.25, -0.2) is 0 Å². The standard InChI is InChI=1S/C14H16N2O2/c1-3-4-5-11-9(2)15-16-14(11)12-7-6-10(17)8-13(12)18/h3-4,6-8,17-18H,5H2,1-2H3,(H,15,16)/b4-3-. The second-order valence-electron chi connectivity index (χ2n) is 4.15. The Kier molecular flexibility index (Phi) is 3.37. The second kappa shape index (κ2) is 4.96. The van der Waals surface area contributed by atoms with Crippen LogP contribution in [0.15, 0.2) is 30.4 Å². The average molecular weight is 244 g/mol. The van der Waals surface area contributed by atoms with Crippen LogP contribution in [0.5, 0.6) is 11.5 Å². The monoisotopic (exact) mass is 244 g/mol. The van der Waals surface area contributed by atoms with Crippen LogP contribution in [-0.2, 0) is 6.42 Å². The summed E-state index contributed by atoms with van der Waals surface area (Å²) in [6, 6.07) is 4.52. The fourth-order valence-corrected chi connectivity index (χ4v) is 1.88. The van der Waals surface area contributed by atoms with Gasteiger partial charge in [-0.1, -0.05) is 12.2 Å². The molecule has 1 aromatic heterocycles. The zero-order valence-electron chi connectivity index (χ0n) is 10.4. The summed E-state index contributed by atoms with van der Waals surface area (Å²) in [6.45, 7) is 3.92. The first-order valence-corrected chi connectivity index (χ1v) is 5.80. The Morgan fingerprint density at radius 2 is 2.11 bits per heavy atom. The number of benzene rings is 1. The van der Waals surface area contributed by atoms with Gasteiger partial charge < -0.3 is 10.2 Å². The Morgan fingerprint density at radius 3 is 2.78 bits per heavy atom. The molecule has 94 valence electrons. The minimum Gasteiger partial charge on any atom is -0.508 e. The van der Waals surface area contributed by atoms with Crippen LogP contribution in [-0.4, -0.2) is 20.4 Å². The number of H-pyrrole nitrogens is 1. The summed E-state index contributed by atoms with van der Waals surface area (Å²) in [4.78, 5) is 0. The quantitative estimate of drug-likeness (QED) is 0.727. The molecule has 0 fully saturated rings. The summed E-state index contributed by atoms with van der Waals surface area (Å²) in [5.41, 5.74) is 3.38. The van der Waals surface area contributed by atoms with Crippen LogP contribution in [0.2, 0.25) is 0 Å². The lowest BCUT2D eigenvalue weighted by Gasteiger charge is -2.04. The maximum Gasteiger partial charge on any atom is 0.128 e. The van der Waals surface area contributed by atoms with E-state index in [9.17, 15) is 10.2 Å². The van der Waals surface area contributed by atoms with E-state index in [1.54, 1.807) is 12.1 Å². The van der Waals surface area contributed by atoms with E-state index in [1.807, 2.05) is 26.0 Å². The Bertz CT molecular complexity index is 585. The van der Waals surface area contributed by atoms with E-state index in [0.717, 1.165) is 23.4 Å². The molecule has 0 unspecified atom stereocenters. The molecule has 0 radical (unpaired) electrons. The zero-order chi connectivity index (χ0) is 13.1. The minimum atomic E-state index is 0.0308. The predicted octanol–water partition coefficient (Wildman–Crippen LogP) is 2.91. The van der Waals surface area contributed by atoms with Crippen LogP contribution < -0.4 is 0 Å². The highest BCUT2D eigenvalue weighted by atomic mass is 16.3. The lowest BCUT2D eigenvalue weighted by Crippen LogP contribution is -1.88. The van der Waals surface area contributed by atoms with Gasteiger partial charge in [0.1, 0.15) is 11.5 Å². The first kappa shape index (κ1) is 12.2. The molecule has 4 nitrogen and oxygen atoms in total. The van der Waals surface area contributed by atoms with Crippen molar-refractivity contribution in [2.24, 2.45) is 0 Å². The van der Waals surface area contributed by atoms with Gasteiger partial charge in [0.2, 0.25) is 0 Å².